The summed E-state index contributed by atoms with van der Waals surface area (Å²) in [6.45, 7) is 0.496. The van der Waals surface area contributed by atoms with Crippen LogP contribution in [0.1, 0.15) is 41.8 Å². The molecule has 1 heterocycles. The van der Waals surface area contributed by atoms with Crippen LogP contribution in [0.4, 0.5) is 0 Å². The van der Waals surface area contributed by atoms with Crippen molar-refractivity contribution >= 4 is 17.9 Å². The number of allylic oxidation sites excluding steroid dienone is 1. The second kappa shape index (κ2) is 8.85. The molecule has 134 valence electrons. The molecular formula is C21H22N2O3. The van der Waals surface area contributed by atoms with Crippen molar-refractivity contribution in [3.8, 4) is 0 Å². The quantitative estimate of drug-likeness (QED) is 0.617. The minimum Gasteiger partial charge on any atom is -0.465 e. The molecule has 0 spiro atoms. The summed E-state index contributed by atoms with van der Waals surface area (Å²) in [6.07, 6.45) is 9.66. The van der Waals surface area contributed by atoms with E-state index in [4.69, 9.17) is 4.42 Å². The number of benzene rings is 1. The van der Waals surface area contributed by atoms with Crippen molar-refractivity contribution in [1.29, 1.82) is 0 Å². The van der Waals surface area contributed by atoms with E-state index in [2.05, 4.69) is 16.7 Å². The number of carbonyl (C=O) groups is 2. The van der Waals surface area contributed by atoms with Crippen molar-refractivity contribution in [2.24, 2.45) is 0 Å². The zero-order valence-corrected chi connectivity index (χ0v) is 14.5. The highest BCUT2D eigenvalue weighted by molar-refractivity contribution is 6.05. The van der Waals surface area contributed by atoms with Crippen LogP contribution in [0.15, 0.2) is 70.5 Å². The number of nitrogens with one attached hydrogen (secondary N) is 2. The largest absolute Gasteiger partial charge is 0.465 e. The Morgan fingerprint density at radius 3 is 2.62 bits per heavy atom. The molecule has 0 saturated carbocycles. The molecule has 0 aliphatic heterocycles. The number of rotatable bonds is 6. The Morgan fingerprint density at radius 1 is 1.08 bits per heavy atom. The molecule has 2 N–H and O–H groups in total. The maximum atomic E-state index is 12.6. The predicted octanol–water partition coefficient (Wildman–Crippen LogP) is 3.67. The van der Waals surface area contributed by atoms with Crippen molar-refractivity contribution in [1.82, 2.24) is 10.6 Å². The standard InChI is InChI=1S/C21H22N2O3/c24-20(17-10-5-2-6-11-17)23-19(14-18-12-7-13-26-18)21(25)22-15-16-8-3-1-4-9-16/h2,5-8,10-14H,1,3-4,9,15H2,(H,22,25)(H,23,24)/b19-14-. The molecule has 0 bridgehead atoms. The van der Waals surface area contributed by atoms with Crippen molar-refractivity contribution in [2.45, 2.75) is 25.7 Å². The normalized spacial score (nSPS) is 14.5. The third-order valence-corrected chi connectivity index (χ3v) is 4.22. The summed E-state index contributed by atoms with van der Waals surface area (Å²) in [5, 5.41) is 5.58. The van der Waals surface area contributed by atoms with Gasteiger partial charge in [-0.25, -0.2) is 0 Å². The van der Waals surface area contributed by atoms with Crippen LogP contribution in [-0.4, -0.2) is 18.4 Å². The molecule has 1 aliphatic rings. The Bertz CT molecular complexity index is 805. The number of hydrogen-bond donors (Lipinski definition) is 2. The summed E-state index contributed by atoms with van der Waals surface area (Å²) in [5.41, 5.74) is 1.88. The first kappa shape index (κ1) is 17.7. The smallest absolute Gasteiger partial charge is 0.268 e. The van der Waals surface area contributed by atoms with E-state index in [1.807, 2.05) is 6.07 Å². The Morgan fingerprint density at radius 2 is 1.92 bits per heavy atom. The molecule has 2 aromatic rings. The van der Waals surface area contributed by atoms with Gasteiger partial charge in [0.05, 0.1) is 6.26 Å². The van der Waals surface area contributed by atoms with E-state index in [0.717, 1.165) is 19.3 Å². The summed E-state index contributed by atoms with van der Waals surface area (Å²) in [5.74, 6) is -0.173. The van der Waals surface area contributed by atoms with E-state index in [0.29, 0.717) is 17.9 Å². The molecule has 0 atom stereocenters. The monoisotopic (exact) mass is 350 g/mol. The average molecular weight is 350 g/mol. The van der Waals surface area contributed by atoms with Crippen LogP contribution in [-0.2, 0) is 4.79 Å². The lowest BCUT2D eigenvalue weighted by Gasteiger charge is -2.15. The fourth-order valence-electron chi connectivity index (χ4n) is 2.81. The molecule has 26 heavy (non-hydrogen) atoms. The van der Waals surface area contributed by atoms with Crippen LogP contribution in [0, 0.1) is 0 Å². The van der Waals surface area contributed by atoms with Gasteiger partial charge in [-0.1, -0.05) is 29.8 Å². The van der Waals surface area contributed by atoms with Crippen LogP contribution in [0.2, 0.25) is 0 Å². The van der Waals surface area contributed by atoms with Gasteiger partial charge in [0.1, 0.15) is 11.5 Å². The third kappa shape index (κ3) is 4.96. The van der Waals surface area contributed by atoms with Crippen molar-refractivity contribution < 1.29 is 14.0 Å². The van der Waals surface area contributed by atoms with Gasteiger partial charge in [0.15, 0.2) is 0 Å². The molecule has 0 unspecified atom stereocenters. The van der Waals surface area contributed by atoms with Gasteiger partial charge in [-0.2, -0.15) is 0 Å². The van der Waals surface area contributed by atoms with Crippen molar-refractivity contribution in [3.05, 3.63) is 77.4 Å². The Labute approximate surface area is 152 Å². The van der Waals surface area contributed by atoms with E-state index >= 15 is 0 Å². The Hall–Kier alpha value is -3.08. The maximum absolute atomic E-state index is 12.6. The summed E-state index contributed by atoms with van der Waals surface area (Å²) < 4.78 is 5.28. The van der Waals surface area contributed by atoms with Gasteiger partial charge in [-0.05, 0) is 49.9 Å². The molecule has 2 amide bonds. The van der Waals surface area contributed by atoms with E-state index < -0.39 is 0 Å². The number of carbonyl (C=O) groups excluding carboxylic acids is 2. The van der Waals surface area contributed by atoms with Gasteiger partial charge in [0.2, 0.25) is 0 Å². The molecule has 0 radical (unpaired) electrons. The number of hydrogen-bond acceptors (Lipinski definition) is 3. The molecule has 0 saturated heterocycles. The van der Waals surface area contributed by atoms with Crippen LogP contribution in [0.5, 0.6) is 0 Å². The van der Waals surface area contributed by atoms with Crippen LogP contribution >= 0.6 is 0 Å². The van der Waals surface area contributed by atoms with Gasteiger partial charge in [0, 0.05) is 18.2 Å². The van der Waals surface area contributed by atoms with E-state index in [1.165, 1.54) is 24.3 Å². The van der Waals surface area contributed by atoms with Gasteiger partial charge in [0.25, 0.3) is 11.8 Å². The van der Waals surface area contributed by atoms with Crippen LogP contribution in [0.25, 0.3) is 6.08 Å². The van der Waals surface area contributed by atoms with Gasteiger partial charge < -0.3 is 15.1 Å². The first-order valence-corrected chi connectivity index (χ1v) is 8.80. The first-order chi connectivity index (χ1) is 12.7. The second-order valence-corrected chi connectivity index (χ2v) is 6.18. The molecule has 1 aromatic carbocycles. The number of amides is 2. The van der Waals surface area contributed by atoms with Gasteiger partial charge in [-0.15, -0.1) is 0 Å². The summed E-state index contributed by atoms with van der Waals surface area (Å²) in [6, 6.07) is 12.2. The first-order valence-electron chi connectivity index (χ1n) is 8.80. The Balaban J connectivity index is 1.71. The predicted molar refractivity (Wildman–Crippen MR) is 100 cm³/mol. The molecule has 1 aliphatic carbocycles. The molecular weight excluding hydrogens is 328 g/mol. The fraction of sp³-hybridized carbons (Fsp3) is 0.238. The summed E-state index contributed by atoms with van der Waals surface area (Å²) >= 11 is 0. The minimum atomic E-state index is -0.338. The highest BCUT2D eigenvalue weighted by Crippen LogP contribution is 2.16. The molecule has 0 fully saturated rings. The lowest BCUT2D eigenvalue weighted by molar-refractivity contribution is -0.117. The van der Waals surface area contributed by atoms with E-state index in [1.54, 1.807) is 36.4 Å². The maximum Gasteiger partial charge on any atom is 0.268 e. The lowest BCUT2D eigenvalue weighted by Crippen LogP contribution is -2.35. The topological polar surface area (TPSA) is 71.3 Å². The van der Waals surface area contributed by atoms with E-state index in [-0.39, 0.29) is 17.5 Å². The van der Waals surface area contributed by atoms with Crippen molar-refractivity contribution in [3.63, 3.8) is 0 Å². The Kier molecular flexibility index (Phi) is 6.04. The zero-order valence-electron chi connectivity index (χ0n) is 14.5. The summed E-state index contributed by atoms with van der Waals surface area (Å²) in [7, 11) is 0. The SMILES string of the molecule is O=C(NCC1=CCCCC1)/C(=C/c1ccco1)NC(=O)c1ccccc1. The van der Waals surface area contributed by atoms with Crippen molar-refractivity contribution in [2.75, 3.05) is 6.54 Å². The molecule has 5 heteroatoms. The molecule has 3 rings (SSSR count). The van der Waals surface area contributed by atoms with Crippen LogP contribution < -0.4 is 10.6 Å². The zero-order chi connectivity index (χ0) is 18.2. The third-order valence-electron chi connectivity index (χ3n) is 4.22. The van der Waals surface area contributed by atoms with Gasteiger partial charge >= 0.3 is 0 Å². The minimum absolute atomic E-state index is 0.158. The highest BCUT2D eigenvalue weighted by atomic mass is 16.3. The van der Waals surface area contributed by atoms with Crippen LogP contribution in [0.3, 0.4) is 0 Å². The summed E-state index contributed by atoms with van der Waals surface area (Å²) in [4.78, 5) is 25.0. The second-order valence-electron chi connectivity index (χ2n) is 6.18. The van der Waals surface area contributed by atoms with E-state index in [9.17, 15) is 9.59 Å². The average Bonchev–Trinajstić information content (AvgIpc) is 3.20. The van der Waals surface area contributed by atoms with Gasteiger partial charge in [-0.3, -0.25) is 9.59 Å². The fourth-order valence-corrected chi connectivity index (χ4v) is 2.81. The molecule has 5 nitrogen and oxygen atoms in total. The number of furan rings is 1. The lowest BCUT2D eigenvalue weighted by atomic mass is 10.00. The highest BCUT2D eigenvalue weighted by Gasteiger charge is 2.15. The molecule has 1 aromatic heterocycles.